The van der Waals surface area contributed by atoms with E-state index < -0.39 is 30.4 Å². The number of barbiturate groups is 1. The number of hydrogen-bond donors (Lipinski definition) is 2. The van der Waals surface area contributed by atoms with Crippen molar-refractivity contribution in [1.29, 1.82) is 0 Å². The van der Waals surface area contributed by atoms with Gasteiger partial charge in [-0.15, -0.1) is 0 Å². The number of ether oxygens (including phenoxy) is 2. The van der Waals surface area contributed by atoms with E-state index in [-0.39, 0.29) is 23.7 Å². The van der Waals surface area contributed by atoms with E-state index in [1.165, 1.54) is 12.1 Å². The average Bonchev–Trinajstić information content (AvgIpc) is 2.76. The molecule has 1 heterocycles. The standard InChI is InChI=1S/C23H21IN2O7/c1-3-13-5-7-15(8-6-13)26-22(30)16(21(29)25-23(26)31)9-14-10-17(24)20(33-12-19(27)28)18(11-14)32-4-2/h5-11H,3-4,12H2,1-2H3,(H,27,28)(H,25,29,31)/b16-9-. The van der Waals surface area contributed by atoms with E-state index in [1.807, 2.05) is 41.6 Å². The molecule has 0 radical (unpaired) electrons. The van der Waals surface area contributed by atoms with Crippen molar-refractivity contribution in [3.63, 3.8) is 0 Å². The van der Waals surface area contributed by atoms with Crippen LogP contribution in [0.5, 0.6) is 11.5 Å². The molecule has 0 saturated carbocycles. The first-order valence-electron chi connectivity index (χ1n) is 10.1. The summed E-state index contributed by atoms with van der Waals surface area (Å²) in [5.74, 6) is -2.20. The second-order valence-corrected chi connectivity index (χ2v) is 8.09. The van der Waals surface area contributed by atoms with Crippen molar-refractivity contribution in [3.8, 4) is 11.5 Å². The normalized spacial score (nSPS) is 14.9. The number of carboxylic acids is 1. The number of carbonyl (C=O) groups excluding carboxylic acids is 3. The van der Waals surface area contributed by atoms with E-state index in [0.717, 1.165) is 16.9 Å². The molecule has 1 saturated heterocycles. The molecule has 9 nitrogen and oxygen atoms in total. The largest absolute Gasteiger partial charge is 0.490 e. The molecule has 0 atom stereocenters. The molecule has 172 valence electrons. The smallest absolute Gasteiger partial charge is 0.341 e. The van der Waals surface area contributed by atoms with Gasteiger partial charge >= 0.3 is 12.0 Å². The number of urea groups is 1. The minimum absolute atomic E-state index is 0.230. The fourth-order valence-electron chi connectivity index (χ4n) is 3.15. The zero-order valence-corrected chi connectivity index (χ0v) is 20.0. The summed E-state index contributed by atoms with van der Waals surface area (Å²) in [4.78, 5) is 49.7. The van der Waals surface area contributed by atoms with Crippen LogP contribution in [0.15, 0.2) is 42.0 Å². The maximum absolute atomic E-state index is 13.1. The Morgan fingerprint density at radius 1 is 1.12 bits per heavy atom. The third-order valence-corrected chi connectivity index (χ3v) is 5.49. The first kappa shape index (κ1) is 24.2. The van der Waals surface area contributed by atoms with Crippen molar-refractivity contribution in [2.45, 2.75) is 20.3 Å². The topological polar surface area (TPSA) is 122 Å². The molecule has 0 bridgehead atoms. The van der Waals surface area contributed by atoms with Crippen molar-refractivity contribution >= 4 is 58.2 Å². The molecule has 10 heteroatoms. The summed E-state index contributed by atoms with van der Waals surface area (Å²) in [6, 6.07) is 9.24. The number of nitrogens with zero attached hydrogens (tertiary/aromatic N) is 1. The molecule has 2 aromatic carbocycles. The maximum Gasteiger partial charge on any atom is 0.341 e. The molecule has 2 aromatic rings. The molecule has 1 aliphatic heterocycles. The van der Waals surface area contributed by atoms with Gasteiger partial charge in [-0.2, -0.15) is 0 Å². The molecule has 2 N–H and O–H groups in total. The van der Waals surface area contributed by atoms with Crippen molar-refractivity contribution in [1.82, 2.24) is 5.32 Å². The number of aliphatic carboxylic acids is 1. The number of halogens is 1. The monoisotopic (exact) mass is 564 g/mol. The Balaban J connectivity index is 1.99. The number of carbonyl (C=O) groups is 4. The minimum atomic E-state index is -1.14. The van der Waals surface area contributed by atoms with Crippen LogP contribution in [0.4, 0.5) is 10.5 Å². The van der Waals surface area contributed by atoms with Crippen LogP contribution in [-0.2, 0) is 20.8 Å². The molecule has 4 amide bonds. The second kappa shape index (κ2) is 10.5. The second-order valence-electron chi connectivity index (χ2n) is 6.92. The minimum Gasteiger partial charge on any atom is -0.490 e. The first-order chi connectivity index (χ1) is 15.7. The molecule has 0 unspecified atom stereocenters. The van der Waals surface area contributed by atoms with Gasteiger partial charge in [-0.3, -0.25) is 14.9 Å². The van der Waals surface area contributed by atoms with Crippen molar-refractivity contribution < 1.29 is 33.8 Å². The van der Waals surface area contributed by atoms with Gasteiger partial charge in [0.1, 0.15) is 5.57 Å². The fraction of sp³-hybridized carbons (Fsp3) is 0.217. The summed E-state index contributed by atoms with van der Waals surface area (Å²) in [6.45, 7) is 3.48. The van der Waals surface area contributed by atoms with Crippen LogP contribution in [0.1, 0.15) is 25.0 Å². The molecular weight excluding hydrogens is 543 g/mol. The Labute approximate surface area is 203 Å². The number of carboxylic acid groups (broad SMARTS) is 1. The molecule has 3 rings (SSSR count). The summed E-state index contributed by atoms with van der Waals surface area (Å²) in [7, 11) is 0. The van der Waals surface area contributed by atoms with Gasteiger partial charge in [-0.05, 0) is 77.4 Å². The number of nitrogens with one attached hydrogen (secondary N) is 1. The summed E-state index contributed by atoms with van der Waals surface area (Å²) in [5, 5.41) is 11.1. The van der Waals surface area contributed by atoms with Gasteiger partial charge in [0.05, 0.1) is 15.9 Å². The van der Waals surface area contributed by atoms with Crippen molar-refractivity contribution in [3.05, 3.63) is 56.7 Å². The average molecular weight is 564 g/mol. The molecule has 1 aliphatic rings. The lowest BCUT2D eigenvalue weighted by Gasteiger charge is -2.26. The lowest BCUT2D eigenvalue weighted by Crippen LogP contribution is -2.54. The van der Waals surface area contributed by atoms with E-state index in [4.69, 9.17) is 14.6 Å². The highest BCUT2D eigenvalue weighted by molar-refractivity contribution is 14.1. The van der Waals surface area contributed by atoms with E-state index in [9.17, 15) is 19.2 Å². The van der Waals surface area contributed by atoms with E-state index >= 15 is 0 Å². The van der Waals surface area contributed by atoms with Crippen LogP contribution < -0.4 is 19.7 Å². The Hall–Kier alpha value is -3.41. The fourth-order valence-corrected chi connectivity index (χ4v) is 3.93. The molecule has 33 heavy (non-hydrogen) atoms. The van der Waals surface area contributed by atoms with Gasteiger partial charge < -0.3 is 14.6 Å². The van der Waals surface area contributed by atoms with Gasteiger partial charge in [0.2, 0.25) is 0 Å². The Kier molecular flexibility index (Phi) is 7.69. The van der Waals surface area contributed by atoms with Gasteiger partial charge in [0.15, 0.2) is 18.1 Å². The Morgan fingerprint density at radius 3 is 2.42 bits per heavy atom. The highest BCUT2D eigenvalue weighted by Crippen LogP contribution is 2.35. The maximum atomic E-state index is 13.1. The molecular formula is C23H21IN2O7. The number of benzene rings is 2. The number of anilines is 1. The van der Waals surface area contributed by atoms with Crippen LogP contribution in [-0.4, -0.2) is 42.1 Å². The quantitative estimate of drug-likeness (QED) is 0.287. The van der Waals surface area contributed by atoms with Crippen molar-refractivity contribution in [2.75, 3.05) is 18.1 Å². The van der Waals surface area contributed by atoms with Gasteiger partial charge in [0.25, 0.3) is 11.8 Å². The van der Waals surface area contributed by atoms with Crippen LogP contribution in [0.25, 0.3) is 6.08 Å². The zero-order valence-electron chi connectivity index (χ0n) is 17.9. The third-order valence-electron chi connectivity index (χ3n) is 4.69. The van der Waals surface area contributed by atoms with E-state index in [1.54, 1.807) is 25.1 Å². The Bertz CT molecular complexity index is 1140. The summed E-state index contributed by atoms with van der Waals surface area (Å²) >= 11 is 1.95. The predicted molar refractivity (Wildman–Crippen MR) is 128 cm³/mol. The van der Waals surface area contributed by atoms with Gasteiger partial charge in [0, 0.05) is 0 Å². The number of amides is 4. The SMILES string of the molecule is CCOc1cc(/C=C2/C(=O)NC(=O)N(c3ccc(CC)cc3)C2=O)cc(I)c1OCC(=O)O. The summed E-state index contributed by atoms with van der Waals surface area (Å²) in [6.07, 6.45) is 2.15. The lowest BCUT2D eigenvalue weighted by molar-refractivity contribution is -0.139. The number of hydrogen-bond acceptors (Lipinski definition) is 6. The van der Waals surface area contributed by atoms with Crippen LogP contribution in [0.3, 0.4) is 0 Å². The highest BCUT2D eigenvalue weighted by Gasteiger charge is 2.36. The molecule has 0 spiro atoms. The zero-order chi connectivity index (χ0) is 24.1. The molecule has 0 aliphatic carbocycles. The van der Waals surface area contributed by atoms with Gasteiger partial charge in [-0.25, -0.2) is 14.5 Å². The van der Waals surface area contributed by atoms with Crippen LogP contribution in [0, 0.1) is 3.57 Å². The van der Waals surface area contributed by atoms with Crippen LogP contribution in [0.2, 0.25) is 0 Å². The first-order valence-corrected chi connectivity index (χ1v) is 11.1. The lowest BCUT2D eigenvalue weighted by atomic mass is 10.1. The summed E-state index contributed by atoms with van der Waals surface area (Å²) in [5.41, 5.74) is 1.60. The van der Waals surface area contributed by atoms with E-state index in [2.05, 4.69) is 5.32 Å². The molecule has 1 fully saturated rings. The Morgan fingerprint density at radius 2 is 1.82 bits per heavy atom. The third kappa shape index (κ3) is 5.51. The number of imide groups is 2. The highest BCUT2D eigenvalue weighted by atomic mass is 127. The number of rotatable bonds is 8. The van der Waals surface area contributed by atoms with Crippen LogP contribution >= 0.6 is 22.6 Å². The number of aryl methyl sites for hydroxylation is 1. The van der Waals surface area contributed by atoms with Gasteiger partial charge in [-0.1, -0.05) is 19.1 Å². The van der Waals surface area contributed by atoms with E-state index in [0.29, 0.717) is 14.8 Å². The molecule has 0 aromatic heterocycles. The summed E-state index contributed by atoms with van der Waals surface area (Å²) < 4.78 is 11.4. The predicted octanol–water partition coefficient (Wildman–Crippen LogP) is 3.38. The van der Waals surface area contributed by atoms with Crippen molar-refractivity contribution in [2.24, 2.45) is 0 Å².